The highest BCUT2D eigenvalue weighted by atomic mass is 19.4. The molecule has 0 heterocycles. The molecule has 4 nitrogen and oxygen atoms in total. The Bertz CT molecular complexity index is 582. The number of aryl methyl sites for hydroxylation is 1. The molecule has 1 aliphatic rings. The Morgan fingerprint density at radius 1 is 1.29 bits per heavy atom. The molecule has 1 aromatic carbocycles. The van der Waals surface area contributed by atoms with Gasteiger partial charge in [0.2, 0.25) is 5.91 Å². The van der Waals surface area contributed by atoms with Crippen molar-refractivity contribution >= 4 is 5.91 Å². The molecule has 134 valence electrons. The van der Waals surface area contributed by atoms with Crippen LogP contribution in [-0.2, 0) is 11.3 Å². The molecule has 0 radical (unpaired) electrons. The Hall–Kier alpha value is -1.76. The predicted octanol–water partition coefficient (Wildman–Crippen LogP) is 3.21. The number of carbonyl (C=O) groups excluding carboxylic acids is 1. The van der Waals surface area contributed by atoms with Gasteiger partial charge in [0.25, 0.3) is 0 Å². The number of ether oxygens (including phenoxy) is 1. The lowest BCUT2D eigenvalue weighted by molar-refractivity contribution is -0.153. The van der Waals surface area contributed by atoms with Crippen LogP contribution in [0.3, 0.4) is 0 Å². The molecule has 3 N–H and O–H groups in total. The second-order valence-corrected chi connectivity index (χ2v) is 6.41. The Kier molecular flexibility index (Phi) is 5.74. The van der Waals surface area contributed by atoms with Crippen LogP contribution in [0.2, 0.25) is 0 Å². The van der Waals surface area contributed by atoms with Gasteiger partial charge in [0.05, 0.1) is 5.54 Å². The second-order valence-electron chi connectivity index (χ2n) is 6.41. The number of alkyl halides is 3. The van der Waals surface area contributed by atoms with Crippen molar-refractivity contribution in [3.63, 3.8) is 0 Å². The van der Waals surface area contributed by atoms with E-state index < -0.39 is 18.3 Å². The van der Waals surface area contributed by atoms with Crippen LogP contribution in [0.1, 0.15) is 43.2 Å². The van der Waals surface area contributed by atoms with E-state index in [0.29, 0.717) is 18.4 Å². The molecular formula is C17H23F3N2O2. The van der Waals surface area contributed by atoms with Crippen LogP contribution in [-0.4, -0.2) is 24.2 Å². The van der Waals surface area contributed by atoms with Gasteiger partial charge >= 0.3 is 6.18 Å². The van der Waals surface area contributed by atoms with Gasteiger partial charge in [-0.2, -0.15) is 13.2 Å². The van der Waals surface area contributed by atoms with E-state index in [1.807, 2.05) is 0 Å². The first-order valence-electron chi connectivity index (χ1n) is 8.06. The fourth-order valence-corrected chi connectivity index (χ4v) is 2.86. The summed E-state index contributed by atoms with van der Waals surface area (Å²) in [5.74, 6) is -0.133. The third-order valence-corrected chi connectivity index (χ3v) is 4.25. The molecule has 1 aliphatic carbocycles. The topological polar surface area (TPSA) is 64.4 Å². The van der Waals surface area contributed by atoms with E-state index >= 15 is 0 Å². The monoisotopic (exact) mass is 344 g/mol. The number of hydrogen-bond donors (Lipinski definition) is 2. The molecular weight excluding hydrogens is 321 g/mol. The lowest BCUT2D eigenvalue weighted by atomic mass is 9.82. The summed E-state index contributed by atoms with van der Waals surface area (Å²) < 4.78 is 42.0. The largest absolute Gasteiger partial charge is 0.484 e. The minimum absolute atomic E-state index is 0.0885. The Morgan fingerprint density at radius 2 is 1.96 bits per heavy atom. The molecule has 0 spiro atoms. The van der Waals surface area contributed by atoms with Gasteiger partial charge in [0, 0.05) is 12.1 Å². The van der Waals surface area contributed by atoms with Gasteiger partial charge in [-0.05, 0) is 31.4 Å². The lowest BCUT2D eigenvalue weighted by Crippen LogP contribution is -2.54. The van der Waals surface area contributed by atoms with Crippen molar-refractivity contribution in [2.45, 2.75) is 57.3 Å². The first kappa shape index (κ1) is 18.6. The predicted molar refractivity (Wildman–Crippen MR) is 84.6 cm³/mol. The van der Waals surface area contributed by atoms with Crippen molar-refractivity contribution in [2.24, 2.45) is 5.73 Å². The van der Waals surface area contributed by atoms with Gasteiger partial charge in [0.1, 0.15) is 5.75 Å². The van der Waals surface area contributed by atoms with E-state index in [1.54, 1.807) is 19.1 Å². The summed E-state index contributed by atoms with van der Waals surface area (Å²) in [6, 6.07) is 4.96. The minimum Gasteiger partial charge on any atom is -0.484 e. The van der Waals surface area contributed by atoms with E-state index in [1.165, 1.54) is 6.07 Å². The number of nitrogens with two attached hydrogens (primary N) is 1. The molecule has 1 fully saturated rings. The third kappa shape index (κ3) is 5.12. The molecule has 7 heteroatoms. The zero-order valence-corrected chi connectivity index (χ0v) is 13.7. The fourth-order valence-electron chi connectivity index (χ4n) is 2.86. The Balaban J connectivity index is 2.02. The van der Waals surface area contributed by atoms with Gasteiger partial charge in [-0.3, -0.25) is 4.79 Å². The molecule has 0 bridgehead atoms. The molecule has 0 atom stereocenters. The summed E-state index contributed by atoms with van der Waals surface area (Å²) in [5, 5.41) is 2.74. The second kappa shape index (κ2) is 7.42. The standard InChI is InChI=1S/C17H23F3N2O2/c1-12-5-6-13(14(9-12)24-11-17(18,19)20)10-22-15(23)16(21)7-3-2-4-8-16/h5-6,9H,2-4,7-8,10-11,21H2,1H3,(H,22,23). The molecule has 1 amide bonds. The SMILES string of the molecule is Cc1ccc(CNC(=O)C2(N)CCCCC2)c(OCC(F)(F)F)c1. The highest BCUT2D eigenvalue weighted by molar-refractivity contribution is 5.86. The summed E-state index contributed by atoms with van der Waals surface area (Å²) >= 11 is 0. The van der Waals surface area contributed by atoms with E-state index in [2.05, 4.69) is 5.32 Å². The van der Waals surface area contributed by atoms with Crippen molar-refractivity contribution in [1.29, 1.82) is 0 Å². The van der Waals surface area contributed by atoms with Crippen LogP contribution in [0.25, 0.3) is 0 Å². The van der Waals surface area contributed by atoms with Crippen LogP contribution in [0.15, 0.2) is 18.2 Å². The normalized spacial score (nSPS) is 17.4. The number of benzene rings is 1. The van der Waals surface area contributed by atoms with Crippen molar-refractivity contribution < 1.29 is 22.7 Å². The highest BCUT2D eigenvalue weighted by Crippen LogP contribution is 2.27. The zero-order chi connectivity index (χ0) is 17.8. The minimum atomic E-state index is -4.41. The average molecular weight is 344 g/mol. The van der Waals surface area contributed by atoms with E-state index in [-0.39, 0.29) is 18.2 Å². The van der Waals surface area contributed by atoms with Crippen LogP contribution in [0.4, 0.5) is 13.2 Å². The summed E-state index contributed by atoms with van der Waals surface area (Å²) in [6.07, 6.45) is -0.260. The number of carbonyl (C=O) groups is 1. The average Bonchev–Trinajstić information content (AvgIpc) is 2.51. The van der Waals surface area contributed by atoms with Crippen molar-refractivity contribution in [2.75, 3.05) is 6.61 Å². The van der Waals surface area contributed by atoms with Gasteiger partial charge in [-0.1, -0.05) is 31.4 Å². The molecule has 0 saturated heterocycles. The lowest BCUT2D eigenvalue weighted by Gasteiger charge is -2.31. The molecule has 2 rings (SSSR count). The van der Waals surface area contributed by atoms with Crippen LogP contribution >= 0.6 is 0 Å². The zero-order valence-electron chi connectivity index (χ0n) is 13.7. The number of rotatable bonds is 5. The van der Waals surface area contributed by atoms with Gasteiger partial charge in [0.15, 0.2) is 6.61 Å². The maximum absolute atomic E-state index is 12.4. The van der Waals surface area contributed by atoms with Crippen LogP contribution < -0.4 is 15.8 Å². The van der Waals surface area contributed by atoms with Crippen molar-refractivity contribution in [3.05, 3.63) is 29.3 Å². The molecule has 1 saturated carbocycles. The maximum atomic E-state index is 12.4. The van der Waals surface area contributed by atoms with E-state index in [9.17, 15) is 18.0 Å². The quantitative estimate of drug-likeness (QED) is 0.862. The van der Waals surface area contributed by atoms with Gasteiger partial charge in [-0.15, -0.1) is 0 Å². The highest BCUT2D eigenvalue weighted by Gasteiger charge is 2.35. The number of hydrogen-bond acceptors (Lipinski definition) is 3. The maximum Gasteiger partial charge on any atom is 0.422 e. The number of amides is 1. The van der Waals surface area contributed by atoms with Gasteiger partial charge in [-0.25, -0.2) is 0 Å². The molecule has 0 unspecified atom stereocenters. The first-order valence-corrected chi connectivity index (χ1v) is 8.06. The molecule has 0 aliphatic heterocycles. The molecule has 0 aromatic heterocycles. The third-order valence-electron chi connectivity index (χ3n) is 4.25. The summed E-state index contributed by atoms with van der Waals surface area (Å²) in [6.45, 7) is 0.489. The summed E-state index contributed by atoms with van der Waals surface area (Å²) in [4.78, 5) is 12.3. The van der Waals surface area contributed by atoms with Crippen LogP contribution in [0, 0.1) is 6.92 Å². The van der Waals surface area contributed by atoms with Crippen molar-refractivity contribution in [1.82, 2.24) is 5.32 Å². The Morgan fingerprint density at radius 3 is 2.58 bits per heavy atom. The van der Waals surface area contributed by atoms with Crippen molar-refractivity contribution in [3.8, 4) is 5.75 Å². The molecule has 24 heavy (non-hydrogen) atoms. The first-order chi connectivity index (χ1) is 11.2. The number of nitrogens with one attached hydrogen (secondary N) is 1. The number of halogens is 3. The fraction of sp³-hybridized carbons (Fsp3) is 0.588. The summed E-state index contributed by atoms with van der Waals surface area (Å²) in [7, 11) is 0. The molecule has 1 aromatic rings. The van der Waals surface area contributed by atoms with Crippen LogP contribution in [0.5, 0.6) is 5.75 Å². The summed E-state index contributed by atoms with van der Waals surface area (Å²) in [5.41, 5.74) is 6.55. The smallest absolute Gasteiger partial charge is 0.422 e. The van der Waals surface area contributed by atoms with E-state index in [4.69, 9.17) is 10.5 Å². The Labute approximate surface area is 139 Å². The van der Waals surface area contributed by atoms with E-state index in [0.717, 1.165) is 24.8 Å². The van der Waals surface area contributed by atoms with Gasteiger partial charge < -0.3 is 15.8 Å².